The molecule has 160 valence electrons. The average molecular weight is 405 g/mol. The van der Waals surface area contributed by atoms with Crippen LogP contribution in [-0.2, 0) is 30.4 Å². The predicted octanol–water partition coefficient (Wildman–Crippen LogP) is 3.56. The van der Waals surface area contributed by atoms with Crippen molar-refractivity contribution in [2.75, 3.05) is 26.9 Å². The van der Waals surface area contributed by atoms with E-state index in [0.717, 1.165) is 24.2 Å². The summed E-state index contributed by atoms with van der Waals surface area (Å²) in [5.74, 6) is 1.47. The van der Waals surface area contributed by atoms with E-state index in [0.29, 0.717) is 45.0 Å². The van der Waals surface area contributed by atoms with Gasteiger partial charge >= 0.3 is 0 Å². The highest BCUT2D eigenvalue weighted by molar-refractivity contribution is 5.84. The molecule has 3 atom stereocenters. The maximum atomic E-state index is 12.6. The number of benzene rings is 1. The molecule has 29 heavy (non-hydrogen) atoms. The third-order valence-corrected chi connectivity index (χ3v) is 5.82. The van der Waals surface area contributed by atoms with E-state index in [1.54, 1.807) is 7.11 Å². The Morgan fingerprint density at radius 3 is 2.55 bits per heavy atom. The number of ether oxygens (including phenoxy) is 4. The molecule has 2 aliphatic rings. The minimum Gasteiger partial charge on any atom is -0.497 e. The number of rotatable bonds is 10. The van der Waals surface area contributed by atoms with Crippen LogP contribution in [-0.4, -0.2) is 44.8 Å². The van der Waals surface area contributed by atoms with E-state index in [4.69, 9.17) is 18.9 Å². The molecule has 1 aliphatic heterocycles. The predicted molar refractivity (Wildman–Crippen MR) is 108 cm³/mol. The highest BCUT2D eigenvalue weighted by Gasteiger charge is 2.36. The van der Waals surface area contributed by atoms with Crippen molar-refractivity contribution in [3.8, 4) is 5.75 Å². The summed E-state index contributed by atoms with van der Waals surface area (Å²) < 4.78 is 21.7. The summed E-state index contributed by atoms with van der Waals surface area (Å²) in [7, 11) is 1.63. The van der Waals surface area contributed by atoms with Crippen molar-refractivity contribution in [1.29, 1.82) is 0 Å². The molecule has 0 aromatic heterocycles. The lowest BCUT2D eigenvalue weighted by molar-refractivity contribution is -0.132. The normalized spacial score (nSPS) is 25.3. The van der Waals surface area contributed by atoms with Crippen LogP contribution in [0.5, 0.6) is 5.75 Å². The zero-order valence-electron chi connectivity index (χ0n) is 17.4. The fourth-order valence-corrected chi connectivity index (χ4v) is 4.39. The van der Waals surface area contributed by atoms with Crippen LogP contribution < -0.4 is 4.74 Å². The lowest BCUT2D eigenvalue weighted by atomic mass is 9.70. The van der Waals surface area contributed by atoms with Gasteiger partial charge in [-0.05, 0) is 48.8 Å². The third kappa shape index (κ3) is 6.63. The van der Waals surface area contributed by atoms with Gasteiger partial charge in [0.2, 0.25) is 0 Å². The molecular weight excluding hydrogens is 372 g/mol. The smallest absolute Gasteiger partial charge is 0.158 e. The Morgan fingerprint density at radius 2 is 1.86 bits per heavy atom. The summed E-state index contributed by atoms with van der Waals surface area (Å²) >= 11 is 0. The van der Waals surface area contributed by atoms with E-state index >= 15 is 0 Å². The Labute approximate surface area is 172 Å². The molecule has 1 saturated carbocycles. The maximum absolute atomic E-state index is 12.6. The van der Waals surface area contributed by atoms with Crippen LogP contribution in [0, 0.1) is 17.8 Å². The van der Waals surface area contributed by atoms with Gasteiger partial charge in [0.15, 0.2) is 12.1 Å². The number of carbonyl (C=O) groups is 2. The maximum Gasteiger partial charge on any atom is 0.158 e. The molecule has 0 spiro atoms. The topological polar surface area (TPSA) is 71.1 Å². The minimum atomic E-state index is -0.202. The van der Waals surface area contributed by atoms with Gasteiger partial charge in [0.1, 0.15) is 18.1 Å². The van der Waals surface area contributed by atoms with Gasteiger partial charge < -0.3 is 18.9 Å². The molecule has 1 saturated heterocycles. The van der Waals surface area contributed by atoms with Crippen LogP contribution in [0.3, 0.4) is 0 Å². The van der Waals surface area contributed by atoms with E-state index in [1.165, 1.54) is 0 Å². The van der Waals surface area contributed by atoms with E-state index in [-0.39, 0.29) is 36.3 Å². The molecule has 6 heteroatoms. The second-order valence-corrected chi connectivity index (χ2v) is 8.21. The fourth-order valence-electron chi connectivity index (χ4n) is 4.39. The van der Waals surface area contributed by atoms with E-state index in [2.05, 4.69) is 6.92 Å². The van der Waals surface area contributed by atoms with E-state index in [1.807, 2.05) is 24.3 Å². The number of hydrogen-bond donors (Lipinski definition) is 0. The monoisotopic (exact) mass is 404 g/mol. The first kappa shape index (κ1) is 21.9. The second kappa shape index (κ2) is 10.9. The standard InChI is InChI=1S/C23H32O6/c1-16-11-18(21(22(25)12-16)7-8-23-28-9-10-29-23)13-19(24)15-27-14-17-3-5-20(26-2)6-4-17/h3-6,16,18,21,23H,7-15H2,1-2H3/t16-,18?,21-/m1/s1. The summed E-state index contributed by atoms with van der Waals surface area (Å²) in [5.41, 5.74) is 0.995. The summed E-state index contributed by atoms with van der Waals surface area (Å²) in [6.07, 6.45) is 3.15. The van der Waals surface area contributed by atoms with Gasteiger partial charge in [-0.3, -0.25) is 9.59 Å². The summed E-state index contributed by atoms with van der Waals surface area (Å²) in [4.78, 5) is 25.1. The Morgan fingerprint density at radius 1 is 1.14 bits per heavy atom. The summed E-state index contributed by atoms with van der Waals surface area (Å²) in [6, 6.07) is 7.60. The van der Waals surface area contributed by atoms with Crippen molar-refractivity contribution in [2.45, 2.75) is 51.9 Å². The first-order chi connectivity index (χ1) is 14.0. The number of ketones is 2. The first-order valence-electron chi connectivity index (χ1n) is 10.5. The number of Topliss-reactive ketones (excluding diaryl/α,β-unsaturated/α-hetero) is 2. The Balaban J connectivity index is 1.46. The second-order valence-electron chi connectivity index (χ2n) is 8.21. The van der Waals surface area contributed by atoms with Gasteiger partial charge in [-0.2, -0.15) is 0 Å². The number of methoxy groups -OCH3 is 1. The van der Waals surface area contributed by atoms with Gasteiger partial charge in [-0.1, -0.05) is 19.1 Å². The summed E-state index contributed by atoms with van der Waals surface area (Å²) in [6.45, 7) is 3.79. The molecule has 1 heterocycles. The van der Waals surface area contributed by atoms with Crippen LogP contribution in [0.1, 0.15) is 44.6 Å². The average Bonchev–Trinajstić information content (AvgIpc) is 3.21. The molecule has 3 rings (SSSR count). The van der Waals surface area contributed by atoms with Crippen LogP contribution in [0.4, 0.5) is 0 Å². The van der Waals surface area contributed by atoms with Gasteiger partial charge in [0.25, 0.3) is 0 Å². The Kier molecular flexibility index (Phi) is 8.21. The van der Waals surface area contributed by atoms with E-state index < -0.39 is 0 Å². The minimum absolute atomic E-state index is 0.0591. The van der Waals surface area contributed by atoms with Crippen LogP contribution in [0.25, 0.3) is 0 Å². The van der Waals surface area contributed by atoms with Crippen molar-refractivity contribution in [3.05, 3.63) is 29.8 Å². The first-order valence-corrected chi connectivity index (χ1v) is 10.5. The zero-order valence-corrected chi connectivity index (χ0v) is 17.4. The van der Waals surface area contributed by atoms with Gasteiger partial charge in [0.05, 0.1) is 26.9 Å². The molecule has 0 radical (unpaired) electrons. The van der Waals surface area contributed by atoms with Crippen molar-refractivity contribution in [2.24, 2.45) is 17.8 Å². The van der Waals surface area contributed by atoms with Gasteiger partial charge in [-0.25, -0.2) is 0 Å². The molecule has 2 fully saturated rings. The highest BCUT2D eigenvalue weighted by Crippen LogP contribution is 2.37. The third-order valence-electron chi connectivity index (χ3n) is 5.82. The van der Waals surface area contributed by atoms with Crippen LogP contribution in [0.15, 0.2) is 24.3 Å². The fraction of sp³-hybridized carbons (Fsp3) is 0.652. The largest absolute Gasteiger partial charge is 0.497 e. The van der Waals surface area contributed by atoms with Gasteiger partial charge in [0, 0.05) is 18.8 Å². The van der Waals surface area contributed by atoms with Gasteiger partial charge in [-0.15, -0.1) is 0 Å². The molecular formula is C23H32O6. The molecule has 1 aliphatic carbocycles. The highest BCUT2D eigenvalue weighted by atomic mass is 16.7. The number of hydrogen-bond acceptors (Lipinski definition) is 6. The molecule has 6 nitrogen and oxygen atoms in total. The molecule has 0 bridgehead atoms. The van der Waals surface area contributed by atoms with E-state index in [9.17, 15) is 9.59 Å². The molecule has 1 aromatic rings. The Bertz CT molecular complexity index is 664. The lowest BCUT2D eigenvalue weighted by Crippen LogP contribution is -2.34. The Hall–Kier alpha value is -1.76. The van der Waals surface area contributed by atoms with Crippen LogP contribution in [0.2, 0.25) is 0 Å². The molecule has 1 unspecified atom stereocenters. The van der Waals surface area contributed by atoms with Crippen molar-refractivity contribution < 1.29 is 28.5 Å². The number of carbonyl (C=O) groups excluding carboxylic acids is 2. The van der Waals surface area contributed by atoms with Crippen molar-refractivity contribution >= 4 is 11.6 Å². The lowest BCUT2D eigenvalue weighted by Gasteiger charge is -2.34. The molecule has 0 amide bonds. The quantitative estimate of drug-likeness (QED) is 0.594. The molecule has 0 N–H and O–H groups in total. The molecule has 1 aromatic carbocycles. The van der Waals surface area contributed by atoms with Crippen LogP contribution >= 0.6 is 0 Å². The summed E-state index contributed by atoms with van der Waals surface area (Å²) in [5, 5.41) is 0. The zero-order chi connectivity index (χ0) is 20.6. The van der Waals surface area contributed by atoms with Crippen molar-refractivity contribution in [3.63, 3.8) is 0 Å². The SMILES string of the molecule is COc1ccc(COCC(=O)CC2C[C@@H](C)CC(=O)[C@@H]2CCC2OCCO2)cc1. The van der Waals surface area contributed by atoms with Crippen molar-refractivity contribution in [1.82, 2.24) is 0 Å².